The number of hydrogen-bond acceptors (Lipinski definition) is 2. The molecule has 0 radical (unpaired) electrons. The van der Waals surface area contributed by atoms with Crippen LogP contribution in [0.4, 0.5) is 5.82 Å². The van der Waals surface area contributed by atoms with E-state index < -0.39 is 0 Å². The Balaban J connectivity index is 2.32. The zero-order chi connectivity index (χ0) is 9.68. The van der Waals surface area contributed by atoms with Crippen LogP contribution in [0.15, 0.2) is 6.07 Å². The number of unbranched alkanes of at least 4 members (excludes halogenated alkanes) is 3. The lowest BCUT2D eigenvalue weighted by molar-refractivity contribution is 0.544. The summed E-state index contributed by atoms with van der Waals surface area (Å²) in [4.78, 5) is 0. The molecule has 0 spiro atoms. The molecular formula is C10H19N3. The molecule has 0 aromatic carbocycles. The van der Waals surface area contributed by atoms with Crippen molar-refractivity contribution in [2.45, 2.75) is 46.1 Å². The minimum absolute atomic E-state index is 0.786. The van der Waals surface area contributed by atoms with E-state index in [-0.39, 0.29) is 0 Å². The van der Waals surface area contributed by atoms with Gasteiger partial charge >= 0.3 is 0 Å². The van der Waals surface area contributed by atoms with Crippen LogP contribution in [0, 0.1) is 6.92 Å². The molecule has 3 heteroatoms. The van der Waals surface area contributed by atoms with E-state index in [0.717, 1.165) is 18.1 Å². The standard InChI is InChI=1S/C10H19N3/c1-3-4-5-6-7-13-10(11)8-9(2)12-13/h8H,3-7,11H2,1-2H3. The van der Waals surface area contributed by atoms with E-state index in [1.807, 2.05) is 17.7 Å². The highest BCUT2D eigenvalue weighted by molar-refractivity contribution is 5.29. The van der Waals surface area contributed by atoms with Gasteiger partial charge < -0.3 is 5.73 Å². The molecule has 1 aromatic heterocycles. The van der Waals surface area contributed by atoms with Crippen LogP contribution in [0.1, 0.15) is 38.3 Å². The molecule has 0 unspecified atom stereocenters. The van der Waals surface area contributed by atoms with Crippen molar-refractivity contribution in [2.75, 3.05) is 5.73 Å². The third-order valence-corrected chi connectivity index (χ3v) is 2.16. The lowest BCUT2D eigenvalue weighted by Gasteiger charge is -2.02. The summed E-state index contributed by atoms with van der Waals surface area (Å²) in [5.74, 6) is 0.786. The van der Waals surface area contributed by atoms with Crippen molar-refractivity contribution in [3.63, 3.8) is 0 Å². The van der Waals surface area contributed by atoms with Crippen LogP contribution in [0.2, 0.25) is 0 Å². The first kappa shape index (κ1) is 10.1. The van der Waals surface area contributed by atoms with E-state index in [4.69, 9.17) is 5.73 Å². The molecule has 0 saturated heterocycles. The fraction of sp³-hybridized carbons (Fsp3) is 0.700. The normalized spacial score (nSPS) is 10.6. The maximum absolute atomic E-state index is 5.76. The van der Waals surface area contributed by atoms with Gasteiger partial charge in [-0.15, -0.1) is 0 Å². The molecule has 0 aliphatic carbocycles. The second kappa shape index (κ2) is 4.90. The summed E-state index contributed by atoms with van der Waals surface area (Å²) < 4.78 is 1.89. The molecule has 3 nitrogen and oxygen atoms in total. The number of aryl methyl sites for hydroxylation is 2. The number of anilines is 1. The summed E-state index contributed by atoms with van der Waals surface area (Å²) >= 11 is 0. The highest BCUT2D eigenvalue weighted by atomic mass is 15.3. The number of hydrogen-bond donors (Lipinski definition) is 1. The molecule has 0 atom stereocenters. The van der Waals surface area contributed by atoms with Gasteiger partial charge in [0.25, 0.3) is 0 Å². The monoisotopic (exact) mass is 181 g/mol. The van der Waals surface area contributed by atoms with Gasteiger partial charge in [0.15, 0.2) is 0 Å². The second-order valence-electron chi connectivity index (χ2n) is 3.49. The van der Waals surface area contributed by atoms with E-state index in [0.29, 0.717) is 0 Å². The lowest BCUT2D eigenvalue weighted by atomic mass is 10.2. The smallest absolute Gasteiger partial charge is 0.121 e. The van der Waals surface area contributed by atoms with Gasteiger partial charge in [-0.3, -0.25) is 0 Å². The molecule has 0 aliphatic heterocycles. The summed E-state index contributed by atoms with van der Waals surface area (Å²) in [7, 11) is 0. The van der Waals surface area contributed by atoms with Crippen molar-refractivity contribution in [1.29, 1.82) is 0 Å². The zero-order valence-electron chi connectivity index (χ0n) is 8.58. The Hall–Kier alpha value is -0.990. The third kappa shape index (κ3) is 3.09. The van der Waals surface area contributed by atoms with Crippen molar-refractivity contribution in [3.05, 3.63) is 11.8 Å². The van der Waals surface area contributed by atoms with Gasteiger partial charge in [0.1, 0.15) is 5.82 Å². The first-order valence-electron chi connectivity index (χ1n) is 5.04. The Labute approximate surface area is 79.9 Å². The Morgan fingerprint density at radius 3 is 2.69 bits per heavy atom. The Bertz CT molecular complexity index is 253. The van der Waals surface area contributed by atoms with Gasteiger partial charge in [-0.2, -0.15) is 5.10 Å². The Kier molecular flexibility index (Phi) is 3.80. The SMILES string of the molecule is CCCCCCn1nc(C)cc1N. The summed E-state index contributed by atoms with van der Waals surface area (Å²) in [6.07, 6.45) is 5.03. The van der Waals surface area contributed by atoms with E-state index >= 15 is 0 Å². The van der Waals surface area contributed by atoms with E-state index in [1.54, 1.807) is 0 Å². The molecule has 2 N–H and O–H groups in total. The van der Waals surface area contributed by atoms with Gasteiger partial charge in [0.05, 0.1) is 5.69 Å². The predicted molar refractivity (Wildman–Crippen MR) is 55.5 cm³/mol. The molecule has 1 rings (SSSR count). The lowest BCUT2D eigenvalue weighted by Crippen LogP contribution is -2.04. The molecule has 0 saturated carbocycles. The highest BCUT2D eigenvalue weighted by Gasteiger charge is 1.99. The van der Waals surface area contributed by atoms with Crippen molar-refractivity contribution in [3.8, 4) is 0 Å². The number of nitrogens with zero attached hydrogens (tertiary/aromatic N) is 2. The van der Waals surface area contributed by atoms with Crippen molar-refractivity contribution in [2.24, 2.45) is 0 Å². The van der Waals surface area contributed by atoms with E-state index in [2.05, 4.69) is 12.0 Å². The molecular weight excluding hydrogens is 162 g/mol. The largest absolute Gasteiger partial charge is 0.384 e. The van der Waals surface area contributed by atoms with Crippen LogP contribution < -0.4 is 5.73 Å². The number of nitrogens with two attached hydrogens (primary N) is 1. The van der Waals surface area contributed by atoms with Crippen molar-refractivity contribution < 1.29 is 0 Å². The van der Waals surface area contributed by atoms with Crippen LogP contribution in [0.3, 0.4) is 0 Å². The van der Waals surface area contributed by atoms with E-state index in [1.165, 1.54) is 25.7 Å². The van der Waals surface area contributed by atoms with Crippen LogP contribution in [0.5, 0.6) is 0 Å². The summed E-state index contributed by atoms with van der Waals surface area (Å²) in [6.45, 7) is 5.14. The quantitative estimate of drug-likeness (QED) is 0.709. The topological polar surface area (TPSA) is 43.8 Å². The molecule has 0 bridgehead atoms. The van der Waals surface area contributed by atoms with Gasteiger partial charge in [0, 0.05) is 12.6 Å². The van der Waals surface area contributed by atoms with Crippen molar-refractivity contribution >= 4 is 5.82 Å². The fourth-order valence-corrected chi connectivity index (χ4v) is 1.43. The van der Waals surface area contributed by atoms with Crippen LogP contribution in [0.25, 0.3) is 0 Å². The van der Waals surface area contributed by atoms with Crippen molar-refractivity contribution in [1.82, 2.24) is 9.78 Å². The Morgan fingerprint density at radius 1 is 1.38 bits per heavy atom. The molecule has 0 amide bonds. The fourth-order valence-electron chi connectivity index (χ4n) is 1.43. The molecule has 74 valence electrons. The molecule has 1 heterocycles. The van der Waals surface area contributed by atoms with Gasteiger partial charge in [-0.1, -0.05) is 26.2 Å². The van der Waals surface area contributed by atoms with Crippen LogP contribution >= 0.6 is 0 Å². The average molecular weight is 181 g/mol. The van der Waals surface area contributed by atoms with Gasteiger partial charge in [-0.05, 0) is 13.3 Å². The van der Waals surface area contributed by atoms with Crippen LogP contribution in [-0.2, 0) is 6.54 Å². The van der Waals surface area contributed by atoms with Gasteiger partial charge in [-0.25, -0.2) is 4.68 Å². The van der Waals surface area contributed by atoms with E-state index in [9.17, 15) is 0 Å². The molecule has 0 fully saturated rings. The minimum atomic E-state index is 0.786. The molecule has 13 heavy (non-hydrogen) atoms. The molecule has 0 aliphatic rings. The first-order chi connectivity index (χ1) is 6.24. The maximum Gasteiger partial charge on any atom is 0.121 e. The highest BCUT2D eigenvalue weighted by Crippen LogP contribution is 2.08. The summed E-state index contributed by atoms with van der Waals surface area (Å²) in [5, 5.41) is 4.30. The average Bonchev–Trinajstić information content (AvgIpc) is 2.39. The van der Waals surface area contributed by atoms with Gasteiger partial charge in [0.2, 0.25) is 0 Å². The summed E-state index contributed by atoms with van der Waals surface area (Å²) in [6, 6.07) is 1.92. The minimum Gasteiger partial charge on any atom is -0.384 e. The number of rotatable bonds is 5. The van der Waals surface area contributed by atoms with Crippen LogP contribution in [-0.4, -0.2) is 9.78 Å². The summed E-state index contributed by atoms with van der Waals surface area (Å²) in [5.41, 5.74) is 6.76. The number of nitrogen functional groups attached to an aromatic ring is 1. The molecule has 1 aromatic rings. The third-order valence-electron chi connectivity index (χ3n) is 2.16. The maximum atomic E-state index is 5.76. The number of aromatic nitrogens is 2. The zero-order valence-corrected chi connectivity index (χ0v) is 8.58. The second-order valence-corrected chi connectivity index (χ2v) is 3.49. The Morgan fingerprint density at radius 2 is 2.15 bits per heavy atom. The first-order valence-corrected chi connectivity index (χ1v) is 5.04. The predicted octanol–water partition coefficient (Wildman–Crippen LogP) is 2.35.